The molecule has 0 heterocycles. The predicted octanol–water partition coefficient (Wildman–Crippen LogP) is 2.73. The SMILES string of the molecule is CC(C)(C)CNC(=O)C(C)(C)NCc1ccc(C#N)cc1F. The first-order valence-electron chi connectivity index (χ1n) is 7.27. The molecule has 120 valence electrons. The summed E-state index contributed by atoms with van der Waals surface area (Å²) >= 11 is 0. The molecule has 0 aliphatic rings. The first kappa shape index (κ1) is 18.1. The Morgan fingerprint density at radius 2 is 1.91 bits per heavy atom. The molecule has 4 nitrogen and oxygen atoms in total. The first-order valence-corrected chi connectivity index (χ1v) is 7.27. The highest BCUT2D eigenvalue weighted by molar-refractivity contribution is 5.85. The Labute approximate surface area is 131 Å². The molecule has 0 aromatic heterocycles. The zero-order valence-corrected chi connectivity index (χ0v) is 13.9. The molecule has 0 spiro atoms. The maximum Gasteiger partial charge on any atom is 0.239 e. The summed E-state index contributed by atoms with van der Waals surface area (Å²) in [6, 6.07) is 6.21. The number of nitriles is 1. The Hall–Kier alpha value is -1.93. The van der Waals surface area contributed by atoms with Crippen LogP contribution in [0.2, 0.25) is 0 Å². The fourth-order valence-electron chi connectivity index (χ4n) is 1.72. The molecule has 0 bridgehead atoms. The Balaban J connectivity index is 2.65. The van der Waals surface area contributed by atoms with Crippen LogP contribution in [0.5, 0.6) is 0 Å². The van der Waals surface area contributed by atoms with Gasteiger partial charge in [0.15, 0.2) is 0 Å². The van der Waals surface area contributed by atoms with Gasteiger partial charge in [0, 0.05) is 18.7 Å². The minimum Gasteiger partial charge on any atom is -0.354 e. The van der Waals surface area contributed by atoms with Crippen molar-refractivity contribution in [1.29, 1.82) is 5.26 Å². The summed E-state index contributed by atoms with van der Waals surface area (Å²) in [5.41, 5.74) is -0.101. The second-order valence-electron chi connectivity index (χ2n) is 7.14. The fourth-order valence-corrected chi connectivity index (χ4v) is 1.72. The van der Waals surface area contributed by atoms with Crippen LogP contribution in [-0.2, 0) is 11.3 Å². The number of halogens is 1. The molecule has 1 rings (SSSR count). The fraction of sp³-hybridized carbons (Fsp3) is 0.529. The van der Waals surface area contributed by atoms with Crippen molar-refractivity contribution in [3.05, 3.63) is 35.1 Å². The molecule has 1 aromatic carbocycles. The molecule has 0 aliphatic carbocycles. The highest BCUT2D eigenvalue weighted by Crippen LogP contribution is 2.14. The van der Waals surface area contributed by atoms with Gasteiger partial charge in [-0.1, -0.05) is 26.8 Å². The number of hydrogen-bond donors (Lipinski definition) is 2. The topological polar surface area (TPSA) is 64.9 Å². The van der Waals surface area contributed by atoms with E-state index in [0.717, 1.165) is 0 Å². The van der Waals surface area contributed by atoms with Crippen LogP contribution in [0.25, 0.3) is 0 Å². The van der Waals surface area contributed by atoms with E-state index in [9.17, 15) is 9.18 Å². The van der Waals surface area contributed by atoms with Gasteiger partial charge in [0.05, 0.1) is 17.2 Å². The van der Waals surface area contributed by atoms with E-state index in [4.69, 9.17) is 5.26 Å². The van der Waals surface area contributed by atoms with Crippen molar-refractivity contribution in [3.63, 3.8) is 0 Å². The van der Waals surface area contributed by atoms with E-state index < -0.39 is 11.4 Å². The smallest absolute Gasteiger partial charge is 0.239 e. The number of nitrogens with zero attached hydrogens (tertiary/aromatic N) is 1. The van der Waals surface area contributed by atoms with Crippen molar-refractivity contribution in [3.8, 4) is 6.07 Å². The molecule has 1 amide bonds. The van der Waals surface area contributed by atoms with Crippen molar-refractivity contribution >= 4 is 5.91 Å². The van der Waals surface area contributed by atoms with Gasteiger partial charge in [-0.15, -0.1) is 0 Å². The van der Waals surface area contributed by atoms with Gasteiger partial charge in [0.25, 0.3) is 0 Å². The third-order valence-electron chi connectivity index (χ3n) is 3.25. The molecule has 0 unspecified atom stereocenters. The molecule has 0 saturated carbocycles. The lowest BCUT2D eigenvalue weighted by Gasteiger charge is -2.28. The minimum atomic E-state index is -0.814. The zero-order valence-electron chi connectivity index (χ0n) is 13.9. The molecular weight excluding hydrogens is 281 g/mol. The summed E-state index contributed by atoms with van der Waals surface area (Å²) in [7, 11) is 0. The van der Waals surface area contributed by atoms with Crippen LogP contribution < -0.4 is 10.6 Å². The van der Waals surface area contributed by atoms with Gasteiger partial charge < -0.3 is 5.32 Å². The predicted molar refractivity (Wildman–Crippen MR) is 84.5 cm³/mol. The summed E-state index contributed by atoms with van der Waals surface area (Å²) in [5.74, 6) is -0.575. The van der Waals surface area contributed by atoms with Crippen LogP contribution in [0.15, 0.2) is 18.2 Å². The lowest BCUT2D eigenvalue weighted by Crippen LogP contribution is -2.53. The van der Waals surface area contributed by atoms with Gasteiger partial charge >= 0.3 is 0 Å². The number of carbonyl (C=O) groups is 1. The quantitative estimate of drug-likeness (QED) is 0.879. The molecule has 0 atom stereocenters. The normalized spacial score (nSPS) is 11.9. The van der Waals surface area contributed by atoms with E-state index in [1.807, 2.05) is 26.8 Å². The van der Waals surface area contributed by atoms with Gasteiger partial charge in [-0.05, 0) is 31.4 Å². The van der Waals surface area contributed by atoms with Crippen molar-refractivity contribution in [2.75, 3.05) is 6.54 Å². The van der Waals surface area contributed by atoms with E-state index in [-0.39, 0.29) is 23.4 Å². The Kier molecular flexibility index (Phi) is 5.67. The van der Waals surface area contributed by atoms with Gasteiger partial charge in [-0.25, -0.2) is 4.39 Å². The Bertz CT molecular complexity index is 583. The number of nitrogens with one attached hydrogen (secondary N) is 2. The van der Waals surface area contributed by atoms with E-state index >= 15 is 0 Å². The molecule has 2 N–H and O–H groups in total. The summed E-state index contributed by atoms with van der Waals surface area (Å²) in [4.78, 5) is 12.2. The standard InChI is InChI=1S/C17H24FN3O/c1-16(2,3)11-20-15(22)17(4,5)21-10-13-7-6-12(9-19)8-14(13)18/h6-8,21H,10-11H2,1-5H3,(H,20,22). The molecular formula is C17H24FN3O. The van der Waals surface area contributed by atoms with Crippen LogP contribution in [-0.4, -0.2) is 18.0 Å². The first-order chi connectivity index (χ1) is 10.0. The van der Waals surface area contributed by atoms with Gasteiger partial charge in [-0.3, -0.25) is 10.1 Å². The number of benzene rings is 1. The van der Waals surface area contributed by atoms with Gasteiger partial charge in [0.1, 0.15) is 5.82 Å². The summed E-state index contributed by atoms with van der Waals surface area (Å²) in [6.07, 6.45) is 0. The van der Waals surface area contributed by atoms with Crippen LogP contribution in [0, 0.1) is 22.6 Å². The van der Waals surface area contributed by atoms with E-state index in [1.165, 1.54) is 6.07 Å². The largest absolute Gasteiger partial charge is 0.354 e. The van der Waals surface area contributed by atoms with Crippen LogP contribution in [0.3, 0.4) is 0 Å². The van der Waals surface area contributed by atoms with Crippen LogP contribution in [0.4, 0.5) is 4.39 Å². The number of carbonyl (C=O) groups excluding carboxylic acids is 1. The molecule has 1 aromatic rings. The molecule has 0 radical (unpaired) electrons. The summed E-state index contributed by atoms with van der Waals surface area (Å²) in [6.45, 7) is 10.4. The minimum absolute atomic E-state index is 0.00493. The van der Waals surface area contributed by atoms with Crippen molar-refractivity contribution in [2.24, 2.45) is 5.41 Å². The highest BCUT2D eigenvalue weighted by Gasteiger charge is 2.28. The number of amides is 1. The molecule has 0 saturated heterocycles. The third-order valence-corrected chi connectivity index (χ3v) is 3.25. The molecule has 0 aliphatic heterocycles. The van der Waals surface area contributed by atoms with Crippen molar-refractivity contribution < 1.29 is 9.18 Å². The highest BCUT2D eigenvalue weighted by atomic mass is 19.1. The van der Waals surface area contributed by atoms with E-state index in [1.54, 1.807) is 26.0 Å². The van der Waals surface area contributed by atoms with Crippen molar-refractivity contribution in [2.45, 2.75) is 46.7 Å². The summed E-state index contributed by atoms with van der Waals surface area (Å²) in [5, 5.41) is 14.7. The zero-order chi connectivity index (χ0) is 17.0. The van der Waals surface area contributed by atoms with Crippen molar-refractivity contribution in [1.82, 2.24) is 10.6 Å². The average Bonchev–Trinajstić information content (AvgIpc) is 2.42. The van der Waals surface area contributed by atoms with Gasteiger partial charge in [-0.2, -0.15) is 5.26 Å². The second-order valence-corrected chi connectivity index (χ2v) is 7.14. The van der Waals surface area contributed by atoms with E-state index in [2.05, 4.69) is 10.6 Å². The monoisotopic (exact) mass is 305 g/mol. The second kappa shape index (κ2) is 6.89. The lowest BCUT2D eigenvalue weighted by molar-refractivity contribution is -0.126. The third kappa shape index (κ3) is 5.45. The molecule has 0 fully saturated rings. The average molecular weight is 305 g/mol. The molecule has 5 heteroatoms. The van der Waals surface area contributed by atoms with E-state index in [0.29, 0.717) is 12.1 Å². The number of rotatable bonds is 5. The maximum atomic E-state index is 13.8. The number of hydrogen-bond acceptors (Lipinski definition) is 3. The van der Waals surface area contributed by atoms with Gasteiger partial charge in [0.2, 0.25) is 5.91 Å². The van der Waals surface area contributed by atoms with Crippen LogP contribution in [0.1, 0.15) is 45.7 Å². The Morgan fingerprint density at radius 3 is 2.41 bits per heavy atom. The maximum absolute atomic E-state index is 13.8. The molecule has 22 heavy (non-hydrogen) atoms. The lowest BCUT2D eigenvalue weighted by atomic mass is 9.96. The summed E-state index contributed by atoms with van der Waals surface area (Å²) < 4.78 is 13.8. The van der Waals surface area contributed by atoms with Crippen LogP contribution >= 0.6 is 0 Å². The Morgan fingerprint density at radius 1 is 1.27 bits per heavy atom.